The molecular weight excluding hydrogens is 262 g/mol. The number of anilines is 1. The first-order valence-corrected chi connectivity index (χ1v) is 8.44. The summed E-state index contributed by atoms with van der Waals surface area (Å²) in [6.07, 6.45) is 1.40. The molecule has 0 saturated carbocycles. The van der Waals surface area contributed by atoms with Crippen LogP contribution in [0.15, 0.2) is 24.3 Å². The molecule has 4 nitrogen and oxygen atoms in total. The van der Waals surface area contributed by atoms with Crippen molar-refractivity contribution in [2.24, 2.45) is 5.92 Å². The van der Waals surface area contributed by atoms with Crippen LogP contribution < -0.4 is 10.5 Å². The molecule has 0 aliphatic rings. The van der Waals surface area contributed by atoms with Crippen LogP contribution in [-0.4, -0.2) is 26.5 Å². The third kappa shape index (κ3) is 6.47. The summed E-state index contributed by atoms with van der Waals surface area (Å²) >= 11 is 0. The van der Waals surface area contributed by atoms with Gasteiger partial charge in [0.25, 0.3) is 0 Å². The Balaban J connectivity index is 2.31. The fourth-order valence-corrected chi connectivity index (χ4v) is 3.53. The van der Waals surface area contributed by atoms with Gasteiger partial charge in [0.15, 0.2) is 9.84 Å². The molecule has 1 atom stereocenters. The largest absolute Gasteiger partial charge is 0.493 e. The second kappa shape index (κ2) is 7.38. The SMILES string of the molecule is CCC(C)CS(=O)(=O)CCCOc1cccc(N)c1. The van der Waals surface area contributed by atoms with Crippen LogP contribution in [0.4, 0.5) is 5.69 Å². The number of sulfone groups is 1. The lowest BCUT2D eigenvalue weighted by Gasteiger charge is -2.10. The normalized spacial score (nSPS) is 13.2. The van der Waals surface area contributed by atoms with Crippen molar-refractivity contribution < 1.29 is 13.2 Å². The van der Waals surface area contributed by atoms with E-state index in [1.165, 1.54) is 0 Å². The molecule has 1 rings (SSSR count). The molecule has 2 N–H and O–H groups in total. The number of rotatable bonds is 8. The minimum Gasteiger partial charge on any atom is -0.493 e. The monoisotopic (exact) mass is 285 g/mol. The topological polar surface area (TPSA) is 69.4 Å². The summed E-state index contributed by atoms with van der Waals surface area (Å²) in [7, 11) is -2.96. The Labute approximate surface area is 115 Å². The molecule has 0 amide bonds. The summed E-state index contributed by atoms with van der Waals surface area (Å²) in [5, 5.41) is 0. The van der Waals surface area contributed by atoms with E-state index in [9.17, 15) is 8.42 Å². The molecule has 0 spiro atoms. The molecule has 0 fully saturated rings. The lowest BCUT2D eigenvalue weighted by molar-refractivity contribution is 0.318. The molecular formula is C14H23NO3S. The van der Waals surface area contributed by atoms with Gasteiger partial charge < -0.3 is 10.5 Å². The number of ether oxygens (including phenoxy) is 1. The van der Waals surface area contributed by atoms with Crippen molar-refractivity contribution in [1.82, 2.24) is 0 Å². The molecule has 19 heavy (non-hydrogen) atoms. The minimum absolute atomic E-state index is 0.180. The molecule has 0 saturated heterocycles. The number of hydrogen-bond acceptors (Lipinski definition) is 4. The van der Waals surface area contributed by atoms with Crippen molar-refractivity contribution in [2.75, 3.05) is 23.8 Å². The van der Waals surface area contributed by atoms with Gasteiger partial charge in [-0.2, -0.15) is 0 Å². The zero-order valence-electron chi connectivity index (χ0n) is 11.6. The van der Waals surface area contributed by atoms with Gasteiger partial charge in [-0.05, 0) is 24.5 Å². The summed E-state index contributed by atoms with van der Waals surface area (Å²) in [6.45, 7) is 4.35. The first-order chi connectivity index (χ1) is 8.93. The lowest BCUT2D eigenvalue weighted by Crippen LogP contribution is -2.18. The second-order valence-electron chi connectivity index (χ2n) is 4.90. The fraction of sp³-hybridized carbons (Fsp3) is 0.571. The van der Waals surface area contributed by atoms with Gasteiger partial charge in [0.05, 0.1) is 18.1 Å². The van der Waals surface area contributed by atoms with Gasteiger partial charge in [0.2, 0.25) is 0 Å². The van der Waals surface area contributed by atoms with Crippen molar-refractivity contribution in [1.29, 1.82) is 0 Å². The molecule has 1 aromatic rings. The average Bonchev–Trinajstić information content (AvgIpc) is 2.34. The van der Waals surface area contributed by atoms with Crippen LogP contribution in [0.3, 0.4) is 0 Å². The van der Waals surface area contributed by atoms with Crippen molar-refractivity contribution in [3.63, 3.8) is 0 Å². The number of benzene rings is 1. The average molecular weight is 285 g/mol. The molecule has 0 aromatic heterocycles. The molecule has 0 radical (unpaired) electrons. The van der Waals surface area contributed by atoms with Gasteiger partial charge in [-0.3, -0.25) is 0 Å². The van der Waals surface area contributed by atoms with Crippen LogP contribution in [0, 0.1) is 5.92 Å². The quantitative estimate of drug-likeness (QED) is 0.588. The molecule has 108 valence electrons. The second-order valence-corrected chi connectivity index (χ2v) is 7.13. The Hall–Kier alpha value is -1.23. The zero-order valence-corrected chi connectivity index (χ0v) is 12.4. The predicted molar refractivity (Wildman–Crippen MR) is 79.1 cm³/mol. The maximum Gasteiger partial charge on any atom is 0.150 e. The third-order valence-corrected chi connectivity index (χ3v) is 4.95. The maximum absolute atomic E-state index is 11.8. The van der Waals surface area contributed by atoms with Crippen molar-refractivity contribution >= 4 is 15.5 Å². The van der Waals surface area contributed by atoms with Crippen LogP contribution in [0.1, 0.15) is 26.7 Å². The van der Waals surface area contributed by atoms with E-state index in [-0.39, 0.29) is 17.4 Å². The number of nitrogen functional groups attached to an aromatic ring is 1. The summed E-state index contributed by atoms with van der Waals surface area (Å²) in [5.41, 5.74) is 6.27. The van der Waals surface area contributed by atoms with Crippen LogP contribution in [-0.2, 0) is 9.84 Å². The smallest absolute Gasteiger partial charge is 0.150 e. The van der Waals surface area contributed by atoms with Gasteiger partial charge >= 0.3 is 0 Å². The Bertz CT molecular complexity index is 485. The Morgan fingerprint density at radius 1 is 1.37 bits per heavy atom. The summed E-state index contributed by atoms with van der Waals surface area (Å²) in [6, 6.07) is 7.13. The molecule has 1 aromatic carbocycles. The van der Waals surface area contributed by atoms with E-state index < -0.39 is 9.84 Å². The fourth-order valence-electron chi connectivity index (χ4n) is 1.71. The van der Waals surface area contributed by atoms with Crippen molar-refractivity contribution in [2.45, 2.75) is 26.7 Å². The van der Waals surface area contributed by atoms with Crippen LogP contribution >= 0.6 is 0 Å². The molecule has 0 aliphatic heterocycles. The molecule has 0 heterocycles. The zero-order chi connectivity index (χ0) is 14.3. The van der Waals surface area contributed by atoms with Crippen molar-refractivity contribution in [3.05, 3.63) is 24.3 Å². The molecule has 0 bridgehead atoms. The maximum atomic E-state index is 11.8. The molecule has 0 aliphatic carbocycles. The number of nitrogens with two attached hydrogens (primary N) is 1. The lowest BCUT2D eigenvalue weighted by atomic mass is 10.2. The van der Waals surface area contributed by atoms with E-state index in [1.807, 2.05) is 26.0 Å². The Kier molecular flexibility index (Phi) is 6.15. The van der Waals surface area contributed by atoms with E-state index in [2.05, 4.69) is 0 Å². The van der Waals surface area contributed by atoms with Crippen molar-refractivity contribution in [3.8, 4) is 5.75 Å². The highest BCUT2D eigenvalue weighted by molar-refractivity contribution is 7.91. The van der Waals surface area contributed by atoms with Gasteiger partial charge in [-0.15, -0.1) is 0 Å². The first-order valence-electron chi connectivity index (χ1n) is 6.61. The minimum atomic E-state index is -2.96. The van der Waals surface area contributed by atoms with Crippen LogP contribution in [0.2, 0.25) is 0 Å². The standard InChI is InChI=1S/C14H23NO3S/c1-3-12(2)11-19(16,17)9-5-8-18-14-7-4-6-13(15)10-14/h4,6-7,10,12H,3,5,8-9,11,15H2,1-2H3. The first kappa shape index (κ1) is 15.8. The van der Waals surface area contributed by atoms with Crippen LogP contribution in [0.5, 0.6) is 5.75 Å². The highest BCUT2D eigenvalue weighted by Crippen LogP contribution is 2.14. The van der Waals surface area contributed by atoms with E-state index in [4.69, 9.17) is 10.5 Å². The van der Waals surface area contributed by atoms with Gasteiger partial charge in [-0.1, -0.05) is 26.3 Å². The Morgan fingerprint density at radius 2 is 2.11 bits per heavy atom. The number of hydrogen-bond donors (Lipinski definition) is 1. The van der Waals surface area contributed by atoms with E-state index in [0.29, 0.717) is 24.5 Å². The summed E-state index contributed by atoms with van der Waals surface area (Å²) in [5.74, 6) is 1.35. The highest BCUT2D eigenvalue weighted by Gasteiger charge is 2.14. The molecule has 5 heteroatoms. The van der Waals surface area contributed by atoms with Gasteiger partial charge in [-0.25, -0.2) is 8.42 Å². The summed E-state index contributed by atoms with van der Waals surface area (Å²) in [4.78, 5) is 0. The van der Waals surface area contributed by atoms with Crippen LogP contribution in [0.25, 0.3) is 0 Å². The highest BCUT2D eigenvalue weighted by atomic mass is 32.2. The molecule has 1 unspecified atom stereocenters. The summed E-state index contributed by atoms with van der Waals surface area (Å²) < 4.78 is 29.0. The third-order valence-electron chi connectivity index (χ3n) is 2.96. The Morgan fingerprint density at radius 3 is 2.74 bits per heavy atom. The van der Waals surface area contributed by atoms with E-state index in [1.54, 1.807) is 12.1 Å². The van der Waals surface area contributed by atoms with E-state index >= 15 is 0 Å². The van der Waals surface area contributed by atoms with E-state index in [0.717, 1.165) is 6.42 Å². The van der Waals surface area contributed by atoms with Gasteiger partial charge in [0.1, 0.15) is 5.75 Å². The predicted octanol–water partition coefficient (Wildman–Crippen LogP) is 2.50. The van der Waals surface area contributed by atoms with Gasteiger partial charge in [0, 0.05) is 11.8 Å².